The lowest BCUT2D eigenvalue weighted by molar-refractivity contribution is -0.0837. The number of ketones is 1. The number of piperazine rings is 1. The van der Waals surface area contributed by atoms with Gasteiger partial charge in [-0.3, -0.25) is 9.69 Å². The van der Waals surface area contributed by atoms with Crippen LogP contribution in [0, 0.1) is 11.7 Å². The number of aromatic carboxylic acids is 1. The zero-order chi connectivity index (χ0) is 30.8. The number of aromatic nitrogens is 3. The first-order chi connectivity index (χ1) is 21.2. The Morgan fingerprint density at radius 1 is 1.07 bits per heavy atom. The van der Waals surface area contributed by atoms with E-state index in [4.69, 9.17) is 14.5 Å². The van der Waals surface area contributed by atoms with Crippen molar-refractivity contribution in [3.05, 3.63) is 82.9 Å². The second-order valence-corrected chi connectivity index (χ2v) is 11.6. The number of carboxylic acid groups (broad SMARTS) is 1. The van der Waals surface area contributed by atoms with Crippen molar-refractivity contribution in [2.75, 3.05) is 37.7 Å². The van der Waals surface area contributed by atoms with Gasteiger partial charge >= 0.3 is 5.97 Å². The number of hydrogen-bond donors (Lipinski definition) is 1. The number of carbonyl (C=O) groups excluding carboxylic acids is 1. The Kier molecular flexibility index (Phi) is 8.58. The highest BCUT2D eigenvalue weighted by Gasteiger charge is 2.28. The predicted molar refractivity (Wildman–Crippen MR) is 163 cm³/mol. The Balaban J connectivity index is 1.10. The van der Waals surface area contributed by atoms with Crippen molar-refractivity contribution in [2.45, 2.75) is 46.1 Å². The number of fused-ring (bicyclic) bond motifs is 1. The van der Waals surface area contributed by atoms with Gasteiger partial charge in [-0.2, -0.15) is 4.98 Å². The molecule has 230 valence electrons. The molecule has 4 heterocycles. The molecule has 2 atom stereocenters. The van der Waals surface area contributed by atoms with Crippen LogP contribution >= 0.6 is 0 Å². The molecule has 2 fully saturated rings. The maximum absolute atomic E-state index is 14.4. The molecule has 6 rings (SSSR count). The summed E-state index contributed by atoms with van der Waals surface area (Å²) in [6, 6.07) is 15.1. The molecule has 0 radical (unpaired) electrons. The Morgan fingerprint density at radius 2 is 1.84 bits per heavy atom. The number of hydrogen-bond acceptors (Lipinski definition) is 8. The molecule has 2 aliphatic rings. The van der Waals surface area contributed by atoms with Gasteiger partial charge in [0.25, 0.3) is 0 Å². The number of nitrogens with zero attached hydrogens (tertiary/aromatic N) is 5. The van der Waals surface area contributed by atoms with Gasteiger partial charge in [0, 0.05) is 62.4 Å². The van der Waals surface area contributed by atoms with E-state index in [0.29, 0.717) is 30.1 Å². The summed E-state index contributed by atoms with van der Waals surface area (Å²) in [5.74, 6) is 0.767. The fourth-order valence-electron chi connectivity index (χ4n) is 5.77. The van der Waals surface area contributed by atoms with Crippen molar-refractivity contribution in [3.63, 3.8) is 0 Å². The van der Waals surface area contributed by atoms with E-state index in [0.717, 1.165) is 61.9 Å². The molecular formula is C33H36FN5O5. The summed E-state index contributed by atoms with van der Waals surface area (Å²) >= 11 is 0. The maximum Gasteiger partial charge on any atom is 0.335 e. The highest BCUT2D eigenvalue weighted by atomic mass is 19.1. The van der Waals surface area contributed by atoms with E-state index in [1.807, 2.05) is 12.1 Å². The average Bonchev–Trinajstić information content (AvgIpc) is 3.31. The Hall–Kier alpha value is -4.35. The number of imidazole rings is 1. The number of benzene rings is 2. The summed E-state index contributed by atoms with van der Waals surface area (Å²) < 4.78 is 28.1. The maximum atomic E-state index is 14.4. The Morgan fingerprint density at radius 3 is 2.52 bits per heavy atom. The quantitative estimate of drug-likeness (QED) is 0.243. The van der Waals surface area contributed by atoms with Gasteiger partial charge in [-0.25, -0.2) is 14.2 Å². The second kappa shape index (κ2) is 12.7. The van der Waals surface area contributed by atoms with Crippen LogP contribution in [-0.4, -0.2) is 75.2 Å². The van der Waals surface area contributed by atoms with Crippen molar-refractivity contribution in [1.82, 2.24) is 19.4 Å². The largest absolute Gasteiger partial charge is 0.478 e. The number of rotatable bonds is 11. The minimum Gasteiger partial charge on any atom is -0.478 e. The third-order valence-corrected chi connectivity index (χ3v) is 8.52. The average molecular weight is 602 g/mol. The van der Waals surface area contributed by atoms with E-state index in [9.17, 15) is 19.1 Å². The number of halogens is 1. The Labute approximate surface area is 255 Å². The molecule has 2 saturated heterocycles. The van der Waals surface area contributed by atoms with Gasteiger partial charge in [-0.1, -0.05) is 25.1 Å². The van der Waals surface area contributed by atoms with Gasteiger partial charge in [-0.15, -0.1) is 0 Å². The van der Waals surface area contributed by atoms with Gasteiger partial charge in [0.05, 0.1) is 29.2 Å². The third kappa shape index (κ3) is 6.44. The van der Waals surface area contributed by atoms with Crippen molar-refractivity contribution >= 4 is 28.6 Å². The zero-order valence-electron chi connectivity index (χ0n) is 24.9. The first-order valence-corrected chi connectivity index (χ1v) is 15.0. The molecule has 2 aromatic heterocycles. The molecule has 10 nitrogen and oxygen atoms in total. The lowest BCUT2D eigenvalue weighted by Gasteiger charge is -2.35. The number of anilines is 1. The fraction of sp³-hybridized carbons (Fsp3) is 0.394. The summed E-state index contributed by atoms with van der Waals surface area (Å²) in [4.78, 5) is 37.3. The van der Waals surface area contributed by atoms with Crippen LogP contribution in [0.1, 0.15) is 52.4 Å². The normalized spacial score (nSPS) is 17.8. The van der Waals surface area contributed by atoms with Crippen molar-refractivity contribution < 1.29 is 28.6 Å². The van der Waals surface area contributed by atoms with E-state index >= 15 is 0 Å². The summed E-state index contributed by atoms with van der Waals surface area (Å²) in [5.41, 5.74) is 2.56. The first-order valence-electron chi connectivity index (χ1n) is 15.0. The molecule has 1 N–H and O–H groups in total. The minimum atomic E-state index is -0.953. The lowest BCUT2D eigenvalue weighted by atomic mass is 9.98. The van der Waals surface area contributed by atoms with E-state index < -0.39 is 11.8 Å². The lowest BCUT2D eigenvalue weighted by Crippen LogP contribution is -2.46. The number of pyridine rings is 1. The van der Waals surface area contributed by atoms with Crippen LogP contribution in [0.3, 0.4) is 0 Å². The molecule has 0 amide bonds. The van der Waals surface area contributed by atoms with Crippen molar-refractivity contribution in [3.8, 4) is 5.88 Å². The predicted octanol–water partition coefficient (Wildman–Crippen LogP) is 4.80. The van der Waals surface area contributed by atoms with Crippen LogP contribution in [0.5, 0.6) is 5.88 Å². The molecule has 0 bridgehead atoms. The smallest absolute Gasteiger partial charge is 0.335 e. The number of Topliss-reactive ketones (excluding diaryl/α,β-unsaturated/α-hetero) is 1. The van der Waals surface area contributed by atoms with Crippen molar-refractivity contribution in [2.24, 2.45) is 5.92 Å². The van der Waals surface area contributed by atoms with Gasteiger partial charge < -0.3 is 24.0 Å². The van der Waals surface area contributed by atoms with Crippen LogP contribution in [-0.2, 0) is 24.4 Å². The summed E-state index contributed by atoms with van der Waals surface area (Å²) in [6.07, 6.45) is 1.25. The highest BCUT2D eigenvalue weighted by molar-refractivity contribution is 5.94. The molecule has 2 aromatic carbocycles. The fourth-order valence-corrected chi connectivity index (χ4v) is 5.77. The van der Waals surface area contributed by atoms with Gasteiger partial charge in [0.15, 0.2) is 5.78 Å². The van der Waals surface area contributed by atoms with Gasteiger partial charge in [0.2, 0.25) is 5.88 Å². The monoisotopic (exact) mass is 601 g/mol. The van der Waals surface area contributed by atoms with Crippen LogP contribution < -0.4 is 9.64 Å². The van der Waals surface area contributed by atoms with Crippen LogP contribution in [0.15, 0.2) is 54.6 Å². The third-order valence-electron chi connectivity index (χ3n) is 8.52. The second-order valence-electron chi connectivity index (χ2n) is 11.6. The van der Waals surface area contributed by atoms with Gasteiger partial charge in [0.1, 0.15) is 24.1 Å². The summed E-state index contributed by atoms with van der Waals surface area (Å²) in [5, 5.41) is 9.57. The van der Waals surface area contributed by atoms with E-state index in [1.54, 1.807) is 36.4 Å². The molecule has 44 heavy (non-hydrogen) atoms. The molecule has 1 unspecified atom stereocenters. The van der Waals surface area contributed by atoms with Crippen LogP contribution in [0.25, 0.3) is 11.0 Å². The number of ether oxygens (including phenoxy) is 2. The zero-order valence-corrected chi connectivity index (χ0v) is 24.9. The summed E-state index contributed by atoms with van der Waals surface area (Å²) in [7, 11) is 0. The molecule has 0 aliphatic carbocycles. The molecule has 4 aromatic rings. The standard InChI is InChI=1S/C33H36FN5O5/c1-21(29-10-15-43-29)18-39-28-17-24(33(41)42)8-9-27(28)35-31(39)19-37-11-13-38(14-12-37)30-4-3-5-32(36-30)44-20-25-7-6-23(22(2)40)16-26(25)34/h3-9,16-17,21,29H,10-15,18-20H2,1-2H3,(H,41,42)/t21-,29?/m1/s1. The molecular weight excluding hydrogens is 565 g/mol. The SMILES string of the molecule is CC(=O)c1ccc(COc2cccc(N3CCN(Cc4nc5ccc(C(=O)O)cc5n4C[C@@H](C)C4CCO4)CC3)n2)c(F)c1. The van der Waals surface area contributed by atoms with Crippen LogP contribution in [0.2, 0.25) is 0 Å². The minimum absolute atomic E-state index is 0.00863. The van der Waals surface area contributed by atoms with Crippen LogP contribution in [0.4, 0.5) is 10.2 Å². The molecule has 0 spiro atoms. The topological polar surface area (TPSA) is 110 Å². The number of carboxylic acids is 1. The molecule has 11 heteroatoms. The number of carbonyl (C=O) groups is 2. The molecule has 2 aliphatic heterocycles. The first kappa shape index (κ1) is 29.7. The van der Waals surface area contributed by atoms with E-state index in [2.05, 4.69) is 26.3 Å². The van der Waals surface area contributed by atoms with E-state index in [-0.39, 0.29) is 30.0 Å². The van der Waals surface area contributed by atoms with Crippen molar-refractivity contribution in [1.29, 1.82) is 0 Å². The summed E-state index contributed by atoms with van der Waals surface area (Å²) in [6.45, 7) is 8.84. The Bertz CT molecular complexity index is 1680. The highest BCUT2D eigenvalue weighted by Crippen LogP contribution is 2.27. The molecule has 0 saturated carbocycles. The van der Waals surface area contributed by atoms with E-state index in [1.165, 1.54) is 13.0 Å². The van der Waals surface area contributed by atoms with Gasteiger partial charge in [-0.05, 0) is 43.7 Å².